The third kappa shape index (κ3) is 3.74. The van der Waals surface area contributed by atoms with Gasteiger partial charge in [0.25, 0.3) is 0 Å². The molecule has 0 saturated carbocycles. The molecule has 1 heterocycles. The summed E-state index contributed by atoms with van der Waals surface area (Å²) in [7, 11) is 0. The number of halogens is 1. The topological polar surface area (TPSA) is 29.9 Å². The van der Waals surface area contributed by atoms with E-state index in [9.17, 15) is 0 Å². The SMILES string of the molecule is CCNCC(C)Cc1c(C)nn(-c2ccccc2Br)c1C. The number of nitrogens with zero attached hydrogens (tertiary/aromatic N) is 2. The van der Waals surface area contributed by atoms with Crippen molar-refractivity contribution in [2.24, 2.45) is 5.92 Å². The minimum absolute atomic E-state index is 0.610. The Bertz CT molecular complexity index is 604. The summed E-state index contributed by atoms with van der Waals surface area (Å²) in [6.07, 6.45) is 1.06. The molecule has 1 N–H and O–H groups in total. The first-order chi connectivity index (χ1) is 10.0. The number of nitrogens with one attached hydrogen (secondary N) is 1. The van der Waals surface area contributed by atoms with Gasteiger partial charge in [-0.05, 0) is 72.9 Å². The van der Waals surface area contributed by atoms with Crippen molar-refractivity contribution in [2.75, 3.05) is 13.1 Å². The molecule has 0 radical (unpaired) electrons. The van der Waals surface area contributed by atoms with Gasteiger partial charge >= 0.3 is 0 Å². The van der Waals surface area contributed by atoms with Gasteiger partial charge < -0.3 is 5.32 Å². The lowest BCUT2D eigenvalue weighted by atomic mass is 9.99. The van der Waals surface area contributed by atoms with Crippen molar-refractivity contribution in [2.45, 2.75) is 34.1 Å². The Morgan fingerprint density at radius 1 is 1.29 bits per heavy atom. The summed E-state index contributed by atoms with van der Waals surface area (Å²) in [4.78, 5) is 0. The van der Waals surface area contributed by atoms with Crippen LogP contribution in [0.3, 0.4) is 0 Å². The molecule has 0 bridgehead atoms. The van der Waals surface area contributed by atoms with E-state index in [2.05, 4.69) is 65.8 Å². The first-order valence-electron chi connectivity index (χ1n) is 7.55. The van der Waals surface area contributed by atoms with E-state index in [1.54, 1.807) is 0 Å². The Morgan fingerprint density at radius 2 is 2.00 bits per heavy atom. The molecule has 1 unspecified atom stereocenters. The van der Waals surface area contributed by atoms with E-state index in [4.69, 9.17) is 5.10 Å². The number of para-hydroxylation sites is 1. The van der Waals surface area contributed by atoms with Gasteiger partial charge in [0.2, 0.25) is 0 Å². The Morgan fingerprint density at radius 3 is 2.67 bits per heavy atom. The monoisotopic (exact) mass is 349 g/mol. The first-order valence-corrected chi connectivity index (χ1v) is 8.34. The van der Waals surface area contributed by atoms with Gasteiger partial charge in [-0.2, -0.15) is 5.10 Å². The zero-order chi connectivity index (χ0) is 15.4. The maximum atomic E-state index is 4.74. The standard InChI is InChI=1S/C17H24BrN3/c1-5-19-11-12(2)10-15-13(3)20-21(14(15)4)17-9-7-6-8-16(17)18/h6-9,12,19H,5,10-11H2,1-4H3. The van der Waals surface area contributed by atoms with Gasteiger partial charge in [0.1, 0.15) is 0 Å². The van der Waals surface area contributed by atoms with E-state index in [1.807, 2.05) is 12.1 Å². The van der Waals surface area contributed by atoms with Crippen LogP contribution in [0.25, 0.3) is 5.69 Å². The van der Waals surface area contributed by atoms with Crippen molar-refractivity contribution >= 4 is 15.9 Å². The molecule has 21 heavy (non-hydrogen) atoms. The highest BCUT2D eigenvalue weighted by molar-refractivity contribution is 9.10. The molecular formula is C17H24BrN3. The third-order valence-electron chi connectivity index (χ3n) is 3.82. The van der Waals surface area contributed by atoms with Crippen molar-refractivity contribution in [1.82, 2.24) is 15.1 Å². The van der Waals surface area contributed by atoms with Crippen molar-refractivity contribution in [1.29, 1.82) is 0 Å². The fraction of sp³-hybridized carbons (Fsp3) is 0.471. The van der Waals surface area contributed by atoms with Crippen molar-refractivity contribution in [3.8, 4) is 5.69 Å². The van der Waals surface area contributed by atoms with E-state index in [0.717, 1.165) is 35.4 Å². The summed E-state index contributed by atoms with van der Waals surface area (Å²) >= 11 is 3.62. The zero-order valence-electron chi connectivity index (χ0n) is 13.3. The molecule has 4 heteroatoms. The minimum atomic E-state index is 0.610. The van der Waals surface area contributed by atoms with Gasteiger partial charge in [-0.25, -0.2) is 4.68 Å². The molecule has 0 aliphatic carbocycles. The Labute approximate surface area is 135 Å². The predicted octanol–water partition coefficient (Wildman–Crippen LogP) is 4.04. The zero-order valence-corrected chi connectivity index (χ0v) is 14.9. The quantitative estimate of drug-likeness (QED) is 0.852. The van der Waals surface area contributed by atoms with Gasteiger partial charge in [0.05, 0.1) is 11.4 Å². The highest BCUT2D eigenvalue weighted by atomic mass is 79.9. The number of benzene rings is 1. The number of aryl methyl sites for hydroxylation is 1. The van der Waals surface area contributed by atoms with Crippen LogP contribution in [-0.2, 0) is 6.42 Å². The molecule has 0 aliphatic heterocycles. The number of hydrogen-bond acceptors (Lipinski definition) is 2. The lowest BCUT2D eigenvalue weighted by Gasteiger charge is -2.12. The molecular weight excluding hydrogens is 326 g/mol. The van der Waals surface area contributed by atoms with Crippen LogP contribution < -0.4 is 5.32 Å². The van der Waals surface area contributed by atoms with E-state index in [-0.39, 0.29) is 0 Å². The van der Waals surface area contributed by atoms with Crippen LogP contribution in [0.4, 0.5) is 0 Å². The maximum absolute atomic E-state index is 4.74. The number of aromatic nitrogens is 2. The molecule has 0 spiro atoms. The van der Waals surface area contributed by atoms with Gasteiger partial charge in [-0.1, -0.05) is 26.0 Å². The summed E-state index contributed by atoms with van der Waals surface area (Å²) in [6, 6.07) is 8.22. The second-order valence-corrected chi connectivity index (χ2v) is 6.48. The van der Waals surface area contributed by atoms with Gasteiger partial charge in [-0.3, -0.25) is 0 Å². The smallest absolute Gasteiger partial charge is 0.0790 e. The molecule has 2 aromatic rings. The van der Waals surface area contributed by atoms with Crippen LogP contribution in [0.2, 0.25) is 0 Å². The maximum Gasteiger partial charge on any atom is 0.0790 e. The molecule has 0 aliphatic rings. The summed E-state index contributed by atoms with van der Waals surface area (Å²) in [5.41, 5.74) is 4.84. The molecule has 0 amide bonds. The number of hydrogen-bond donors (Lipinski definition) is 1. The average Bonchev–Trinajstić information content (AvgIpc) is 2.73. The van der Waals surface area contributed by atoms with Crippen LogP contribution in [0, 0.1) is 19.8 Å². The summed E-state index contributed by atoms with van der Waals surface area (Å²) < 4.78 is 3.12. The number of rotatable bonds is 6. The predicted molar refractivity (Wildman–Crippen MR) is 92.1 cm³/mol. The van der Waals surface area contributed by atoms with Crippen molar-refractivity contribution < 1.29 is 0 Å². The fourth-order valence-electron chi connectivity index (χ4n) is 2.64. The van der Waals surface area contributed by atoms with E-state index in [1.165, 1.54) is 11.3 Å². The second-order valence-electron chi connectivity index (χ2n) is 5.63. The first kappa shape index (κ1) is 16.2. The Balaban J connectivity index is 2.28. The normalized spacial score (nSPS) is 12.6. The van der Waals surface area contributed by atoms with Crippen LogP contribution in [-0.4, -0.2) is 22.9 Å². The summed E-state index contributed by atoms with van der Waals surface area (Å²) in [5, 5.41) is 8.16. The van der Waals surface area contributed by atoms with Crippen molar-refractivity contribution in [3.05, 3.63) is 45.7 Å². The second kappa shape index (κ2) is 7.23. The van der Waals surface area contributed by atoms with Gasteiger partial charge in [0.15, 0.2) is 0 Å². The molecule has 0 fully saturated rings. The molecule has 2 rings (SSSR count). The Hall–Kier alpha value is -1.13. The van der Waals surface area contributed by atoms with Gasteiger partial charge in [0, 0.05) is 10.2 Å². The van der Waals surface area contributed by atoms with E-state index < -0.39 is 0 Å². The minimum Gasteiger partial charge on any atom is -0.317 e. The Kier molecular flexibility index (Phi) is 5.59. The molecule has 1 aromatic carbocycles. The highest BCUT2D eigenvalue weighted by Gasteiger charge is 2.16. The average molecular weight is 350 g/mol. The van der Waals surface area contributed by atoms with Gasteiger partial charge in [-0.15, -0.1) is 0 Å². The largest absolute Gasteiger partial charge is 0.317 e. The molecule has 3 nitrogen and oxygen atoms in total. The third-order valence-corrected chi connectivity index (χ3v) is 4.49. The van der Waals surface area contributed by atoms with Crippen LogP contribution in [0.1, 0.15) is 30.8 Å². The van der Waals surface area contributed by atoms with Crippen LogP contribution in [0.5, 0.6) is 0 Å². The highest BCUT2D eigenvalue weighted by Crippen LogP contribution is 2.25. The van der Waals surface area contributed by atoms with Crippen LogP contribution >= 0.6 is 15.9 Å². The molecule has 0 saturated heterocycles. The van der Waals surface area contributed by atoms with E-state index in [0.29, 0.717) is 5.92 Å². The lowest BCUT2D eigenvalue weighted by Crippen LogP contribution is -2.22. The lowest BCUT2D eigenvalue weighted by molar-refractivity contribution is 0.519. The van der Waals surface area contributed by atoms with E-state index >= 15 is 0 Å². The van der Waals surface area contributed by atoms with Crippen LogP contribution in [0.15, 0.2) is 28.7 Å². The summed E-state index contributed by atoms with van der Waals surface area (Å²) in [6.45, 7) is 10.8. The molecule has 114 valence electrons. The fourth-order valence-corrected chi connectivity index (χ4v) is 3.09. The van der Waals surface area contributed by atoms with Crippen molar-refractivity contribution in [3.63, 3.8) is 0 Å². The summed E-state index contributed by atoms with van der Waals surface area (Å²) in [5.74, 6) is 0.610. The molecule has 1 aromatic heterocycles. The molecule has 1 atom stereocenters.